The lowest BCUT2D eigenvalue weighted by Crippen LogP contribution is -2.52. The van der Waals surface area contributed by atoms with Gasteiger partial charge in [-0.15, -0.1) is 0 Å². The van der Waals surface area contributed by atoms with E-state index in [-0.39, 0.29) is 12.3 Å². The predicted octanol–water partition coefficient (Wildman–Crippen LogP) is 2.78. The summed E-state index contributed by atoms with van der Waals surface area (Å²) in [7, 11) is 0. The normalized spacial score (nSPS) is 14.3. The van der Waals surface area contributed by atoms with Crippen molar-refractivity contribution in [1.29, 1.82) is 0 Å². The summed E-state index contributed by atoms with van der Waals surface area (Å²) in [6, 6.07) is 6.73. The fraction of sp³-hybridized carbons (Fsp3) is 0.471. The molecule has 0 radical (unpaired) electrons. The van der Waals surface area contributed by atoms with Crippen LogP contribution >= 0.6 is 15.9 Å². The Morgan fingerprint density at radius 1 is 1.25 bits per heavy atom. The van der Waals surface area contributed by atoms with Crippen LogP contribution in [0.25, 0.3) is 0 Å². The summed E-state index contributed by atoms with van der Waals surface area (Å²) in [6.07, 6.45) is 0.926. The number of hydrogen-bond donors (Lipinski definition) is 3. The van der Waals surface area contributed by atoms with E-state index in [0.717, 1.165) is 10.0 Å². The molecule has 0 bridgehead atoms. The molecule has 1 aromatic rings. The number of amides is 2. The first-order chi connectivity index (χ1) is 11.2. The minimum absolute atomic E-state index is 0.0339. The van der Waals surface area contributed by atoms with E-state index >= 15 is 0 Å². The third-order valence-electron chi connectivity index (χ3n) is 3.68. The van der Waals surface area contributed by atoms with Gasteiger partial charge in [0.1, 0.15) is 5.54 Å². The molecule has 1 aromatic carbocycles. The van der Waals surface area contributed by atoms with Crippen LogP contribution < -0.4 is 10.6 Å². The lowest BCUT2D eigenvalue weighted by molar-refractivity contribution is -0.147. The topological polar surface area (TPSA) is 95.5 Å². The SMILES string of the molecule is CCCC(C)(NC(=O)CC(NC(C)=O)c1ccc(Br)cc1)C(=O)O. The van der Waals surface area contributed by atoms with Crippen LogP contribution in [0.4, 0.5) is 0 Å². The number of rotatable bonds is 8. The molecular weight excluding hydrogens is 376 g/mol. The Hall–Kier alpha value is -1.89. The van der Waals surface area contributed by atoms with Crippen molar-refractivity contribution in [3.63, 3.8) is 0 Å². The molecule has 132 valence electrons. The highest BCUT2D eigenvalue weighted by atomic mass is 79.9. The van der Waals surface area contributed by atoms with Crippen molar-refractivity contribution in [1.82, 2.24) is 10.6 Å². The van der Waals surface area contributed by atoms with Crippen LogP contribution in [0.2, 0.25) is 0 Å². The van der Waals surface area contributed by atoms with Gasteiger partial charge < -0.3 is 15.7 Å². The van der Waals surface area contributed by atoms with Crippen molar-refractivity contribution in [2.45, 2.75) is 51.6 Å². The van der Waals surface area contributed by atoms with Gasteiger partial charge in [0.05, 0.1) is 12.5 Å². The summed E-state index contributed by atoms with van der Waals surface area (Å²) in [5.41, 5.74) is -0.539. The number of benzene rings is 1. The van der Waals surface area contributed by atoms with Crippen LogP contribution in [0, 0.1) is 0 Å². The van der Waals surface area contributed by atoms with Crippen molar-refractivity contribution in [2.24, 2.45) is 0 Å². The summed E-state index contributed by atoms with van der Waals surface area (Å²) in [4.78, 5) is 35.2. The van der Waals surface area contributed by atoms with Crippen molar-refractivity contribution < 1.29 is 19.5 Å². The Balaban J connectivity index is 2.89. The quantitative estimate of drug-likeness (QED) is 0.627. The van der Waals surface area contributed by atoms with Gasteiger partial charge in [-0.25, -0.2) is 4.79 Å². The molecule has 2 amide bonds. The largest absolute Gasteiger partial charge is 0.480 e. The molecule has 0 aliphatic carbocycles. The van der Waals surface area contributed by atoms with E-state index in [1.807, 2.05) is 19.1 Å². The first-order valence-corrected chi connectivity index (χ1v) is 8.54. The number of carboxylic acid groups (broad SMARTS) is 1. The van der Waals surface area contributed by atoms with Crippen LogP contribution in [0.5, 0.6) is 0 Å². The first-order valence-electron chi connectivity index (χ1n) is 7.75. The molecular formula is C17H23BrN2O4. The van der Waals surface area contributed by atoms with Crippen LogP contribution in [0.1, 0.15) is 51.6 Å². The van der Waals surface area contributed by atoms with Crippen LogP contribution in [0.15, 0.2) is 28.7 Å². The van der Waals surface area contributed by atoms with Gasteiger partial charge in [0.15, 0.2) is 0 Å². The van der Waals surface area contributed by atoms with E-state index in [1.54, 1.807) is 12.1 Å². The number of halogens is 1. The molecule has 0 saturated heterocycles. The maximum Gasteiger partial charge on any atom is 0.329 e. The highest BCUT2D eigenvalue weighted by Crippen LogP contribution is 2.21. The van der Waals surface area contributed by atoms with Crippen molar-refractivity contribution in [3.05, 3.63) is 34.3 Å². The van der Waals surface area contributed by atoms with Crippen molar-refractivity contribution >= 4 is 33.7 Å². The number of aliphatic carboxylic acids is 1. The number of nitrogens with one attached hydrogen (secondary N) is 2. The molecule has 24 heavy (non-hydrogen) atoms. The average Bonchev–Trinajstić information content (AvgIpc) is 2.46. The molecule has 0 aliphatic rings. The smallest absolute Gasteiger partial charge is 0.329 e. The molecule has 7 heteroatoms. The van der Waals surface area contributed by atoms with Gasteiger partial charge in [-0.05, 0) is 31.0 Å². The Bertz CT molecular complexity index is 603. The third-order valence-corrected chi connectivity index (χ3v) is 4.21. The summed E-state index contributed by atoms with van der Waals surface area (Å²) < 4.78 is 0.888. The van der Waals surface area contributed by atoms with E-state index in [0.29, 0.717) is 12.8 Å². The standard InChI is InChI=1S/C17H23BrN2O4/c1-4-9-17(3,16(23)24)20-15(22)10-14(19-11(2)21)12-5-7-13(18)8-6-12/h5-8,14H,4,9-10H2,1-3H3,(H,19,21)(H,20,22)(H,23,24). The minimum atomic E-state index is -1.31. The van der Waals surface area contributed by atoms with Gasteiger partial charge in [0.2, 0.25) is 11.8 Å². The van der Waals surface area contributed by atoms with E-state index in [2.05, 4.69) is 26.6 Å². The van der Waals surface area contributed by atoms with Gasteiger partial charge in [0, 0.05) is 11.4 Å². The van der Waals surface area contributed by atoms with Gasteiger partial charge in [-0.1, -0.05) is 41.4 Å². The summed E-state index contributed by atoms with van der Waals surface area (Å²) in [5.74, 6) is -1.75. The van der Waals surface area contributed by atoms with Gasteiger partial charge >= 0.3 is 5.97 Å². The zero-order chi connectivity index (χ0) is 18.3. The zero-order valence-corrected chi connectivity index (χ0v) is 15.6. The molecule has 6 nitrogen and oxygen atoms in total. The monoisotopic (exact) mass is 398 g/mol. The Kier molecular flexibility index (Phi) is 7.41. The summed E-state index contributed by atoms with van der Waals surface area (Å²) in [5, 5.41) is 14.7. The number of hydrogen-bond acceptors (Lipinski definition) is 3. The second kappa shape index (κ2) is 8.82. The molecule has 2 unspecified atom stereocenters. The number of carboxylic acids is 1. The van der Waals surface area contributed by atoms with E-state index < -0.39 is 23.5 Å². The molecule has 0 spiro atoms. The zero-order valence-electron chi connectivity index (χ0n) is 14.1. The third kappa shape index (κ3) is 5.96. The van der Waals surface area contributed by atoms with Crippen LogP contribution in [-0.4, -0.2) is 28.4 Å². The Morgan fingerprint density at radius 2 is 1.83 bits per heavy atom. The highest BCUT2D eigenvalue weighted by Gasteiger charge is 2.34. The summed E-state index contributed by atoms with van der Waals surface area (Å²) >= 11 is 3.34. The predicted molar refractivity (Wildman–Crippen MR) is 94.4 cm³/mol. The van der Waals surface area contributed by atoms with E-state index in [9.17, 15) is 19.5 Å². The molecule has 3 N–H and O–H groups in total. The Labute approximate surface area is 150 Å². The van der Waals surface area contributed by atoms with Crippen LogP contribution in [-0.2, 0) is 14.4 Å². The average molecular weight is 399 g/mol. The fourth-order valence-electron chi connectivity index (χ4n) is 2.46. The maximum atomic E-state index is 12.3. The molecule has 0 aromatic heterocycles. The maximum absolute atomic E-state index is 12.3. The number of carbonyl (C=O) groups excluding carboxylic acids is 2. The molecule has 0 fully saturated rings. The van der Waals surface area contributed by atoms with Crippen molar-refractivity contribution in [3.8, 4) is 0 Å². The second-order valence-electron chi connectivity index (χ2n) is 5.94. The number of carbonyl (C=O) groups is 3. The second-order valence-corrected chi connectivity index (χ2v) is 6.86. The lowest BCUT2D eigenvalue weighted by Gasteiger charge is -2.27. The summed E-state index contributed by atoms with van der Waals surface area (Å²) in [6.45, 7) is 4.72. The molecule has 0 aliphatic heterocycles. The highest BCUT2D eigenvalue weighted by molar-refractivity contribution is 9.10. The van der Waals surface area contributed by atoms with E-state index in [4.69, 9.17) is 0 Å². The van der Waals surface area contributed by atoms with E-state index in [1.165, 1.54) is 13.8 Å². The molecule has 1 rings (SSSR count). The lowest BCUT2D eigenvalue weighted by atomic mass is 9.95. The first kappa shape index (κ1) is 20.2. The Morgan fingerprint density at radius 3 is 2.29 bits per heavy atom. The van der Waals surface area contributed by atoms with Crippen molar-refractivity contribution in [2.75, 3.05) is 0 Å². The molecule has 0 heterocycles. The van der Waals surface area contributed by atoms with Gasteiger partial charge in [-0.2, -0.15) is 0 Å². The molecule has 0 saturated carbocycles. The van der Waals surface area contributed by atoms with Gasteiger partial charge in [-0.3, -0.25) is 9.59 Å². The minimum Gasteiger partial charge on any atom is -0.480 e. The van der Waals surface area contributed by atoms with Crippen LogP contribution in [0.3, 0.4) is 0 Å². The molecule has 2 atom stereocenters. The van der Waals surface area contributed by atoms with Gasteiger partial charge in [0.25, 0.3) is 0 Å². The fourth-order valence-corrected chi connectivity index (χ4v) is 2.72.